The fourth-order valence-electron chi connectivity index (χ4n) is 2.90. The zero-order valence-electron chi connectivity index (χ0n) is 15.3. The van der Waals surface area contributed by atoms with E-state index in [1.807, 2.05) is 47.2 Å². The summed E-state index contributed by atoms with van der Waals surface area (Å²) < 4.78 is 8.37. The van der Waals surface area contributed by atoms with Gasteiger partial charge in [0.25, 0.3) is 0 Å². The molecule has 0 N–H and O–H groups in total. The highest BCUT2D eigenvalue weighted by Crippen LogP contribution is 2.24. The van der Waals surface area contributed by atoms with E-state index >= 15 is 0 Å². The molecule has 0 aliphatic rings. The van der Waals surface area contributed by atoms with Crippen LogP contribution < -0.4 is 10.4 Å². The summed E-state index contributed by atoms with van der Waals surface area (Å²) in [6, 6.07) is 14.7. The van der Waals surface area contributed by atoms with Crippen molar-refractivity contribution in [1.82, 2.24) is 4.57 Å². The van der Waals surface area contributed by atoms with Crippen molar-refractivity contribution in [2.45, 2.75) is 13.5 Å². The molecule has 146 valence electrons. The number of thiazole rings is 1. The minimum Gasteiger partial charge on any atom is -0.422 e. The molecule has 0 radical (unpaired) electrons. The van der Waals surface area contributed by atoms with E-state index in [0.717, 1.165) is 21.1 Å². The van der Waals surface area contributed by atoms with Crippen LogP contribution in [0.25, 0.3) is 22.2 Å². The van der Waals surface area contributed by atoms with Gasteiger partial charge in [-0.2, -0.15) is 5.10 Å². The Morgan fingerprint density at radius 3 is 2.76 bits per heavy atom. The highest BCUT2D eigenvalue weighted by atomic mass is 79.9. The van der Waals surface area contributed by atoms with Gasteiger partial charge >= 0.3 is 5.63 Å². The predicted octanol–water partition coefficient (Wildman–Crippen LogP) is 5.69. The van der Waals surface area contributed by atoms with Crippen molar-refractivity contribution >= 4 is 56.1 Å². The lowest BCUT2D eigenvalue weighted by atomic mass is 10.1. The van der Waals surface area contributed by atoms with Crippen LogP contribution in [0.3, 0.4) is 0 Å². The second-order valence-electron chi connectivity index (χ2n) is 6.17. The smallest absolute Gasteiger partial charge is 0.345 e. The van der Waals surface area contributed by atoms with Crippen molar-refractivity contribution in [3.63, 3.8) is 0 Å². The molecule has 0 aliphatic carbocycles. The normalized spacial score (nSPS) is 12.3. The van der Waals surface area contributed by atoms with Crippen molar-refractivity contribution < 1.29 is 4.42 Å². The molecule has 0 atom stereocenters. The third-order valence-corrected chi connectivity index (χ3v) is 5.90. The van der Waals surface area contributed by atoms with Crippen LogP contribution in [0.1, 0.15) is 12.5 Å². The number of fused-ring (bicyclic) bond motifs is 1. The average Bonchev–Trinajstić information content (AvgIpc) is 3.12. The Morgan fingerprint density at radius 1 is 1.21 bits per heavy atom. The zero-order valence-corrected chi connectivity index (χ0v) is 18.5. The molecule has 4 rings (SSSR count). The fraction of sp³-hybridized carbons (Fsp3) is 0.0952. The topological polar surface area (TPSA) is 59.9 Å². The molecule has 8 heteroatoms. The molecule has 0 bridgehead atoms. The van der Waals surface area contributed by atoms with Crippen LogP contribution in [0.2, 0.25) is 5.02 Å². The van der Waals surface area contributed by atoms with Crippen molar-refractivity contribution in [3.8, 4) is 11.3 Å². The van der Waals surface area contributed by atoms with E-state index in [1.54, 1.807) is 24.4 Å². The summed E-state index contributed by atoms with van der Waals surface area (Å²) in [6.07, 6.45) is 1.66. The van der Waals surface area contributed by atoms with Crippen LogP contribution in [0, 0.1) is 0 Å². The summed E-state index contributed by atoms with van der Waals surface area (Å²) in [5, 5.41) is 11.9. The van der Waals surface area contributed by atoms with Gasteiger partial charge in [0.2, 0.25) is 4.80 Å². The molecule has 0 saturated heterocycles. The summed E-state index contributed by atoms with van der Waals surface area (Å²) >= 11 is 10.8. The second kappa shape index (κ2) is 8.49. The number of hydrogen-bond acceptors (Lipinski definition) is 5. The molecule has 2 heterocycles. The quantitative estimate of drug-likeness (QED) is 0.210. The van der Waals surface area contributed by atoms with Crippen LogP contribution in [0.5, 0.6) is 0 Å². The molecule has 29 heavy (non-hydrogen) atoms. The molecular weight excluding hydrogens is 474 g/mol. The second-order valence-corrected chi connectivity index (χ2v) is 8.36. The lowest BCUT2D eigenvalue weighted by Gasteiger charge is -2.06. The number of halogens is 2. The Bertz CT molecular complexity index is 1340. The Kier molecular flexibility index (Phi) is 5.80. The van der Waals surface area contributed by atoms with Gasteiger partial charge in [-0.05, 0) is 48.9 Å². The van der Waals surface area contributed by atoms with Crippen molar-refractivity contribution in [2.24, 2.45) is 10.2 Å². The first-order chi connectivity index (χ1) is 14.0. The van der Waals surface area contributed by atoms with Gasteiger partial charge in [0.05, 0.1) is 17.5 Å². The fourth-order valence-corrected chi connectivity index (χ4v) is 4.32. The summed E-state index contributed by atoms with van der Waals surface area (Å²) in [4.78, 5) is 13.3. The van der Waals surface area contributed by atoms with Gasteiger partial charge in [-0.1, -0.05) is 39.7 Å². The van der Waals surface area contributed by atoms with Crippen LogP contribution in [0.15, 0.2) is 77.8 Å². The Hall–Kier alpha value is -2.48. The van der Waals surface area contributed by atoms with E-state index < -0.39 is 0 Å². The van der Waals surface area contributed by atoms with Crippen LogP contribution in [-0.2, 0) is 6.54 Å². The number of nitrogens with zero attached hydrogens (tertiary/aromatic N) is 3. The minimum absolute atomic E-state index is 0.379. The highest BCUT2D eigenvalue weighted by molar-refractivity contribution is 9.10. The first-order valence-corrected chi connectivity index (χ1v) is 10.8. The Labute approximate surface area is 183 Å². The van der Waals surface area contributed by atoms with Gasteiger partial charge in [-0.3, -0.25) is 0 Å². The van der Waals surface area contributed by atoms with Crippen LogP contribution in [-0.4, -0.2) is 10.8 Å². The third-order valence-electron chi connectivity index (χ3n) is 4.30. The van der Waals surface area contributed by atoms with Crippen LogP contribution in [0.4, 0.5) is 0 Å². The number of rotatable bonds is 4. The Balaban J connectivity index is 1.76. The number of aromatic nitrogens is 1. The molecule has 4 aromatic rings. The van der Waals surface area contributed by atoms with E-state index in [2.05, 4.69) is 26.1 Å². The Morgan fingerprint density at radius 2 is 2.00 bits per heavy atom. The van der Waals surface area contributed by atoms with E-state index in [-0.39, 0.29) is 5.63 Å². The number of benzene rings is 2. The average molecular weight is 489 g/mol. The molecular formula is C21H15BrClN3O2S. The molecule has 5 nitrogen and oxygen atoms in total. The van der Waals surface area contributed by atoms with E-state index in [9.17, 15) is 4.79 Å². The number of hydrogen-bond donors (Lipinski definition) is 0. The first kappa shape index (κ1) is 19.8. The van der Waals surface area contributed by atoms with Crippen molar-refractivity contribution in [1.29, 1.82) is 0 Å². The molecule has 0 spiro atoms. The lowest BCUT2D eigenvalue weighted by molar-refractivity contribution is 0.562. The van der Waals surface area contributed by atoms with E-state index in [0.29, 0.717) is 27.5 Å². The minimum atomic E-state index is -0.379. The maximum absolute atomic E-state index is 12.6. The SMILES string of the molecule is CCn1c(-c2cc3cc(Br)ccc3oc2=O)cs/c1=N/N=C/c1ccc(Cl)cc1. The molecule has 2 aromatic carbocycles. The molecule has 2 aromatic heterocycles. The van der Waals surface area contributed by atoms with Gasteiger partial charge in [0, 0.05) is 26.8 Å². The lowest BCUT2D eigenvalue weighted by Crippen LogP contribution is -2.16. The monoisotopic (exact) mass is 487 g/mol. The summed E-state index contributed by atoms with van der Waals surface area (Å²) in [7, 11) is 0. The molecule has 0 amide bonds. The summed E-state index contributed by atoms with van der Waals surface area (Å²) in [5.74, 6) is 0. The largest absolute Gasteiger partial charge is 0.422 e. The molecule has 0 unspecified atom stereocenters. The summed E-state index contributed by atoms with van der Waals surface area (Å²) in [5.41, 5.74) is 2.33. The highest BCUT2D eigenvalue weighted by Gasteiger charge is 2.13. The van der Waals surface area contributed by atoms with E-state index in [1.165, 1.54) is 11.3 Å². The van der Waals surface area contributed by atoms with Gasteiger partial charge in [-0.15, -0.1) is 16.4 Å². The maximum atomic E-state index is 12.6. The van der Waals surface area contributed by atoms with Gasteiger partial charge < -0.3 is 8.98 Å². The van der Waals surface area contributed by atoms with Gasteiger partial charge in [0.15, 0.2) is 0 Å². The summed E-state index contributed by atoms with van der Waals surface area (Å²) in [6.45, 7) is 2.64. The van der Waals surface area contributed by atoms with E-state index in [4.69, 9.17) is 16.0 Å². The standard InChI is InChI=1S/C21H15BrClN3O2S/c1-2-26-18(17-10-14-9-15(22)5-8-19(14)28-20(17)27)12-29-21(26)25-24-11-13-3-6-16(23)7-4-13/h3-12H,2H2,1H3/b24-11+,25-21+. The molecule has 0 aliphatic heterocycles. The first-order valence-electron chi connectivity index (χ1n) is 8.80. The van der Waals surface area contributed by atoms with Gasteiger partial charge in [-0.25, -0.2) is 4.79 Å². The maximum Gasteiger partial charge on any atom is 0.345 e. The van der Waals surface area contributed by atoms with Gasteiger partial charge in [0.1, 0.15) is 5.58 Å². The molecule has 0 saturated carbocycles. The van der Waals surface area contributed by atoms with Crippen LogP contribution >= 0.6 is 38.9 Å². The van der Waals surface area contributed by atoms with Crippen molar-refractivity contribution in [3.05, 3.63) is 84.2 Å². The zero-order chi connectivity index (χ0) is 20.4. The predicted molar refractivity (Wildman–Crippen MR) is 122 cm³/mol. The third kappa shape index (κ3) is 4.27. The van der Waals surface area contributed by atoms with Crippen molar-refractivity contribution in [2.75, 3.05) is 0 Å². The molecule has 0 fully saturated rings.